The standard InChI is InChI=1S/C10H21N3O2/c1-8(6-10(11)13-14)12-4-2-9-3-5-15-7-9/h8-9,12,14H,2-7H2,1H3,(H2,11,13). The summed E-state index contributed by atoms with van der Waals surface area (Å²) in [4.78, 5) is 0. The normalized spacial score (nSPS) is 24.3. The van der Waals surface area contributed by atoms with E-state index in [0.717, 1.165) is 26.2 Å². The molecule has 0 spiro atoms. The molecule has 0 radical (unpaired) electrons. The molecule has 88 valence electrons. The first-order valence-electron chi connectivity index (χ1n) is 5.50. The van der Waals surface area contributed by atoms with Gasteiger partial charge in [0.05, 0.1) is 0 Å². The molecule has 1 rings (SSSR count). The molecule has 1 aliphatic rings. The van der Waals surface area contributed by atoms with Crippen molar-refractivity contribution in [1.82, 2.24) is 5.32 Å². The number of hydrogen-bond donors (Lipinski definition) is 3. The second-order valence-corrected chi connectivity index (χ2v) is 4.17. The fourth-order valence-corrected chi connectivity index (χ4v) is 1.77. The molecule has 0 amide bonds. The minimum atomic E-state index is 0.253. The predicted molar refractivity (Wildman–Crippen MR) is 59.0 cm³/mol. The number of nitrogens with two attached hydrogens (primary N) is 1. The van der Waals surface area contributed by atoms with Crippen LogP contribution in [0.4, 0.5) is 0 Å². The van der Waals surface area contributed by atoms with E-state index in [2.05, 4.69) is 10.5 Å². The second kappa shape index (κ2) is 6.63. The number of ether oxygens (including phenoxy) is 1. The molecular weight excluding hydrogens is 194 g/mol. The van der Waals surface area contributed by atoms with Crippen molar-refractivity contribution in [1.29, 1.82) is 0 Å². The third kappa shape index (κ3) is 4.99. The Morgan fingerprint density at radius 1 is 1.73 bits per heavy atom. The van der Waals surface area contributed by atoms with Gasteiger partial charge in [-0.2, -0.15) is 0 Å². The molecule has 15 heavy (non-hydrogen) atoms. The summed E-state index contributed by atoms with van der Waals surface area (Å²) in [5.74, 6) is 0.979. The van der Waals surface area contributed by atoms with Gasteiger partial charge in [-0.1, -0.05) is 5.16 Å². The summed E-state index contributed by atoms with van der Waals surface area (Å²) < 4.78 is 5.30. The fraction of sp³-hybridized carbons (Fsp3) is 0.900. The van der Waals surface area contributed by atoms with E-state index in [9.17, 15) is 0 Å². The van der Waals surface area contributed by atoms with Crippen LogP contribution in [0.2, 0.25) is 0 Å². The first-order chi connectivity index (χ1) is 7.22. The van der Waals surface area contributed by atoms with Gasteiger partial charge in [-0.3, -0.25) is 0 Å². The summed E-state index contributed by atoms with van der Waals surface area (Å²) in [5, 5.41) is 14.7. The molecule has 0 aromatic carbocycles. The monoisotopic (exact) mass is 215 g/mol. The largest absolute Gasteiger partial charge is 0.409 e. The van der Waals surface area contributed by atoms with E-state index in [0.29, 0.717) is 12.3 Å². The van der Waals surface area contributed by atoms with E-state index >= 15 is 0 Å². The number of rotatable bonds is 6. The number of nitrogens with one attached hydrogen (secondary N) is 1. The SMILES string of the molecule is CC(CC(N)=NO)NCCC1CCOC1. The molecule has 2 atom stereocenters. The predicted octanol–water partition coefficient (Wildman–Crippen LogP) is 0.528. The van der Waals surface area contributed by atoms with Crippen LogP contribution in [-0.4, -0.2) is 36.8 Å². The molecule has 5 heteroatoms. The van der Waals surface area contributed by atoms with Gasteiger partial charge < -0.3 is 21.0 Å². The Labute approximate surface area is 90.7 Å². The summed E-state index contributed by atoms with van der Waals surface area (Å²) in [7, 11) is 0. The molecule has 1 fully saturated rings. The first kappa shape index (κ1) is 12.3. The van der Waals surface area contributed by atoms with Crippen molar-refractivity contribution in [3.05, 3.63) is 0 Å². The number of hydrogen-bond acceptors (Lipinski definition) is 4. The third-order valence-corrected chi connectivity index (χ3v) is 2.71. The maximum absolute atomic E-state index is 8.40. The van der Waals surface area contributed by atoms with Crippen LogP contribution in [-0.2, 0) is 4.74 Å². The van der Waals surface area contributed by atoms with E-state index in [1.54, 1.807) is 0 Å². The molecule has 4 N–H and O–H groups in total. The van der Waals surface area contributed by atoms with Crippen LogP contribution in [0.25, 0.3) is 0 Å². The van der Waals surface area contributed by atoms with E-state index in [1.807, 2.05) is 6.92 Å². The molecule has 2 unspecified atom stereocenters. The average Bonchev–Trinajstić information content (AvgIpc) is 2.70. The molecule has 1 saturated heterocycles. The molecule has 0 saturated carbocycles. The highest BCUT2D eigenvalue weighted by Crippen LogP contribution is 2.15. The van der Waals surface area contributed by atoms with Gasteiger partial charge in [-0.05, 0) is 32.2 Å². The molecule has 0 aromatic rings. The van der Waals surface area contributed by atoms with Gasteiger partial charge in [0.25, 0.3) is 0 Å². The van der Waals surface area contributed by atoms with Gasteiger partial charge in [0.15, 0.2) is 0 Å². The third-order valence-electron chi connectivity index (χ3n) is 2.71. The first-order valence-corrected chi connectivity index (χ1v) is 5.50. The van der Waals surface area contributed by atoms with Crippen molar-refractivity contribution in [3.8, 4) is 0 Å². The van der Waals surface area contributed by atoms with E-state index in [4.69, 9.17) is 15.7 Å². The highest BCUT2D eigenvalue weighted by molar-refractivity contribution is 5.80. The molecule has 5 nitrogen and oxygen atoms in total. The van der Waals surface area contributed by atoms with Crippen LogP contribution >= 0.6 is 0 Å². The van der Waals surface area contributed by atoms with E-state index < -0.39 is 0 Å². The highest BCUT2D eigenvalue weighted by Gasteiger charge is 2.15. The van der Waals surface area contributed by atoms with Gasteiger partial charge in [0.2, 0.25) is 0 Å². The zero-order valence-electron chi connectivity index (χ0n) is 9.28. The summed E-state index contributed by atoms with van der Waals surface area (Å²) >= 11 is 0. The Morgan fingerprint density at radius 3 is 3.13 bits per heavy atom. The smallest absolute Gasteiger partial charge is 0.140 e. The number of amidine groups is 1. The van der Waals surface area contributed by atoms with Gasteiger partial charge in [-0.25, -0.2) is 0 Å². The van der Waals surface area contributed by atoms with Crippen LogP contribution in [0.15, 0.2) is 5.16 Å². The summed E-state index contributed by atoms with van der Waals surface area (Å²) in [6, 6.07) is 0.253. The van der Waals surface area contributed by atoms with Crippen molar-refractivity contribution in [2.45, 2.75) is 32.2 Å². The van der Waals surface area contributed by atoms with Crippen molar-refractivity contribution in [3.63, 3.8) is 0 Å². The Kier molecular flexibility index (Phi) is 5.42. The lowest BCUT2D eigenvalue weighted by atomic mass is 10.1. The lowest BCUT2D eigenvalue weighted by Crippen LogP contribution is -2.32. The number of oxime groups is 1. The van der Waals surface area contributed by atoms with Crippen LogP contribution in [0.1, 0.15) is 26.2 Å². The highest BCUT2D eigenvalue weighted by atomic mass is 16.5. The molecule has 0 aromatic heterocycles. The topological polar surface area (TPSA) is 79.9 Å². The molecular formula is C10H21N3O2. The van der Waals surface area contributed by atoms with Gasteiger partial charge >= 0.3 is 0 Å². The molecule has 1 aliphatic heterocycles. The van der Waals surface area contributed by atoms with Crippen LogP contribution in [0.5, 0.6) is 0 Å². The van der Waals surface area contributed by atoms with E-state index in [-0.39, 0.29) is 11.9 Å². The minimum absolute atomic E-state index is 0.253. The fourth-order valence-electron chi connectivity index (χ4n) is 1.77. The Morgan fingerprint density at radius 2 is 2.53 bits per heavy atom. The lowest BCUT2D eigenvalue weighted by Gasteiger charge is -2.14. The number of nitrogens with zero attached hydrogens (tertiary/aromatic N) is 1. The molecule has 1 heterocycles. The van der Waals surface area contributed by atoms with Crippen molar-refractivity contribution < 1.29 is 9.94 Å². The molecule has 0 aliphatic carbocycles. The van der Waals surface area contributed by atoms with Crippen molar-refractivity contribution in [2.75, 3.05) is 19.8 Å². The summed E-state index contributed by atoms with van der Waals surface area (Å²) in [5.41, 5.74) is 5.41. The molecule has 0 bridgehead atoms. The minimum Gasteiger partial charge on any atom is -0.409 e. The zero-order chi connectivity index (χ0) is 11.1. The van der Waals surface area contributed by atoms with Gasteiger partial charge in [-0.15, -0.1) is 0 Å². The summed E-state index contributed by atoms with van der Waals surface area (Å²) in [6.07, 6.45) is 2.90. The lowest BCUT2D eigenvalue weighted by molar-refractivity contribution is 0.184. The van der Waals surface area contributed by atoms with Crippen LogP contribution in [0, 0.1) is 5.92 Å². The Bertz CT molecular complexity index is 203. The average molecular weight is 215 g/mol. The zero-order valence-corrected chi connectivity index (χ0v) is 9.28. The summed E-state index contributed by atoms with van der Waals surface area (Å²) in [6.45, 7) is 4.80. The van der Waals surface area contributed by atoms with Crippen LogP contribution < -0.4 is 11.1 Å². The Hall–Kier alpha value is -0.810. The second-order valence-electron chi connectivity index (χ2n) is 4.17. The maximum atomic E-state index is 8.40. The van der Waals surface area contributed by atoms with Crippen molar-refractivity contribution in [2.24, 2.45) is 16.8 Å². The van der Waals surface area contributed by atoms with Crippen LogP contribution in [0.3, 0.4) is 0 Å². The Balaban J connectivity index is 2.03. The quantitative estimate of drug-likeness (QED) is 0.261. The van der Waals surface area contributed by atoms with Gasteiger partial charge in [0, 0.05) is 25.7 Å². The maximum Gasteiger partial charge on any atom is 0.140 e. The van der Waals surface area contributed by atoms with Gasteiger partial charge in [0.1, 0.15) is 5.84 Å². The van der Waals surface area contributed by atoms with E-state index in [1.165, 1.54) is 6.42 Å². The van der Waals surface area contributed by atoms with Crippen molar-refractivity contribution >= 4 is 5.84 Å².